The van der Waals surface area contributed by atoms with Crippen LogP contribution in [0.4, 0.5) is 0 Å². The number of aromatic nitrogens is 1. The fourth-order valence-corrected chi connectivity index (χ4v) is 8.31. The summed E-state index contributed by atoms with van der Waals surface area (Å²) >= 11 is 1.27. The highest BCUT2D eigenvalue weighted by molar-refractivity contribution is 7.91. The third kappa shape index (κ3) is 2.42. The fourth-order valence-electron chi connectivity index (χ4n) is 4.79. The van der Waals surface area contributed by atoms with Crippen LogP contribution in [-0.2, 0) is 10.0 Å². The maximum Gasteiger partial charge on any atom is 0.253 e. The van der Waals surface area contributed by atoms with E-state index in [2.05, 4.69) is 5.16 Å². The number of hydrogen-bond acceptors (Lipinski definition) is 6. The zero-order valence-corrected chi connectivity index (χ0v) is 16.9. The molecule has 0 unspecified atom stereocenters. The molecule has 142 valence electrons. The summed E-state index contributed by atoms with van der Waals surface area (Å²) < 4.78 is 34.0. The van der Waals surface area contributed by atoms with Crippen molar-refractivity contribution in [2.75, 3.05) is 6.61 Å². The van der Waals surface area contributed by atoms with E-state index in [-0.39, 0.29) is 24.1 Å². The van der Waals surface area contributed by atoms with Gasteiger partial charge in [-0.2, -0.15) is 4.31 Å². The lowest BCUT2D eigenvalue weighted by Crippen LogP contribution is -2.42. The largest absolute Gasteiger partial charge is 0.396 e. The molecule has 2 aromatic rings. The summed E-state index contributed by atoms with van der Waals surface area (Å²) in [7, 11) is -3.57. The highest BCUT2D eigenvalue weighted by Crippen LogP contribution is 2.54. The van der Waals surface area contributed by atoms with E-state index in [9.17, 15) is 13.5 Å². The van der Waals surface area contributed by atoms with Crippen molar-refractivity contribution in [1.82, 2.24) is 9.46 Å². The van der Waals surface area contributed by atoms with Crippen LogP contribution < -0.4 is 0 Å². The Morgan fingerprint density at radius 1 is 1.38 bits per heavy atom. The molecule has 3 atom stereocenters. The molecule has 4 heterocycles. The summed E-state index contributed by atoms with van der Waals surface area (Å²) in [5.41, 5.74) is 1.34. The molecule has 0 saturated carbocycles. The lowest BCUT2D eigenvalue weighted by Gasteiger charge is -2.34. The van der Waals surface area contributed by atoms with Gasteiger partial charge in [0.1, 0.15) is 9.97 Å². The molecule has 0 radical (unpaired) electrons. The summed E-state index contributed by atoms with van der Waals surface area (Å²) in [6.45, 7) is 5.78. The van der Waals surface area contributed by atoms with Gasteiger partial charge >= 0.3 is 0 Å². The van der Waals surface area contributed by atoms with E-state index in [1.54, 1.807) is 10.4 Å². The topological polar surface area (TPSA) is 83.6 Å². The van der Waals surface area contributed by atoms with E-state index >= 15 is 0 Å². The first-order valence-corrected chi connectivity index (χ1v) is 11.3. The van der Waals surface area contributed by atoms with Crippen LogP contribution >= 0.6 is 11.3 Å². The van der Waals surface area contributed by atoms with Crippen molar-refractivity contribution in [3.8, 4) is 10.4 Å². The van der Waals surface area contributed by atoms with Crippen LogP contribution in [-0.4, -0.2) is 41.7 Å². The number of sulfonamides is 1. The number of hydrogen-bond donors (Lipinski definition) is 1. The second-order valence-corrected chi connectivity index (χ2v) is 10.6. The van der Waals surface area contributed by atoms with Gasteiger partial charge in [0.25, 0.3) is 10.0 Å². The Morgan fingerprint density at radius 2 is 2.15 bits per heavy atom. The van der Waals surface area contributed by atoms with Crippen LogP contribution in [0.25, 0.3) is 10.4 Å². The predicted molar refractivity (Wildman–Crippen MR) is 99.6 cm³/mol. The maximum atomic E-state index is 13.4. The Bertz CT molecular complexity index is 907. The van der Waals surface area contributed by atoms with Crippen LogP contribution in [0.5, 0.6) is 0 Å². The van der Waals surface area contributed by atoms with E-state index in [0.717, 1.165) is 41.8 Å². The zero-order valence-electron chi connectivity index (χ0n) is 15.2. The zero-order chi connectivity index (χ0) is 18.7. The molecule has 0 spiro atoms. The molecule has 0 amide bonds. The minimum Gasteiger partial charge on any atom is -0.396 e. The van der Waals surface area contributed by atoms with E-state index in [1.807, 2.05) is 26.8 Å². The first-order valence-electron chi connectivity index (χ1n) is 9.01. The molecule has 2 saturated heterocycles. The summed E-state index contributed by atoms with van der Waals surface area (Å²) in [6.07, 6.45) is 3.27. The number of thiophene rings is 1. The van der Waals surface area contributed by atoms with Crippen LogP contribution in [0.1, 0.15) is 44.1 Å². The van der Waals surface area contributed by atoms with Gasteiger partial charge in [-0.3, -0.25) is 0 Å². The number of aliphatic hydroxyl groups is 1. The van der Waals surface area contributed by atoms with Crippen LogP contribution in [0, 0.1) is 19.3 Å². The van der Waals surface area contributed by atoms with E-state index in [4.69, 9.17) is 4.52 Å². The smallest absolute Gasteiger partial charge is 0.253 e. The van der Waals surface area contributed by atoms with Gasteiger partial charge in [0.05, 0.1) is 17.9 Å². The lowest BCUT2D eigenvalue weighted by atomic mass is 9.72. The van der Waals surface area contributed by atoms with E-state index in [1.165, 1.54) is 11.3 Å². The number of fused-ring (bicyclic) bond motifs is 2. The molecule has 8 heteroatoms. The monoisotopic (exact) mass is 396 g/mol. The summed E-state index contributed by atoms with van der Waals surface area (Å²) in [5, 5.41) is 13.9. The average molecular weight is 397 g/mol. The Hall–Kier alpha value is -1.22. The second-order valence-electron chi connectivity index (χ2n) is 7.48. The molecular formula is C18H24N2O4S2. The van der Waals surface area contributed by atoms with Gasteiger partial charge in [-0.1, -0.05) is 12.1 Å². The molecule has 1 N–H and O–H groups in total. The second kappa shape index (κ2) is 6.15. The van der Waals surface area contributed by atoms with E-state index in [0.29, 0.717) is 9.97 Å². The standard InChI is InChI=1S/C18H24N2O4S2/c1-4-18(10-21)9-13-5-7-15(18)20(13)26(22,23)16-8-6-14(25-16)17-11(2)19-24-12(17)3/h6,8,13,15,21H,4-5,7,9-10H2,1-3H3/t13-,15+,18-/m0/s1. The van der Waals surface area contributed by atoms with Gasteiger partial charge in [-0.05, 0) is 51.7 Å². The highest BCUT2D eigenvalue weighted by Gasteiger charge is 2.58. The van der Waals surface area contributed by atoms with Crippen molar-refractivity contribution in [3.05, 3.63) is 23.6 Å². The third-order valence-corrected chi connectivity index (χ3v) is 9.73. The Labute approximate surface area is 157 Å². The molecule has 2 aliphatic rings. The fraction of sp³-hybridized carbons (Fsp3) is 0.611. The van der Waals surface area contributed by atoms with Gasteiger partial charge in [-0.25, -0.2) is 8.42 Å². The van der Waals surface area contributed by atoms with Crippen LogP contribution in [0.2, 0.25) is 0 Å². The van der Waals surface area contributed by atoms with Crippen molar-refractivity contribution in [2.24, 2.45) is 5.41 Å². The Kier molecular flexibility index (Phi) is 4.30. The Morgan fingerprint density at radius 3 is 2.73 bits per heavy atom. The molecule has 6 nitrogen and oxygen atoms in total. The Balaban J connectivity index is 1.71. The molecule has 2 bridgehead atoms. The lowest BCUT2D eigenvalue weighted by molar-refractivity contribution is 0.0849. The quantitative estimate of drug-likeness (QED) is 0.838. The van der Waals surface area contributed by atoms with Gasteiger partial charge in [0, 0.05) is 22.4 Å². The first-order chi connectivity index (χ1) is 12.3. The van der Waals surface area contributed by atoms with Gasteiger partial charge < -0.3 is 9.63 Å². The number of aryl methyl sites for hydroxylation is 2. The predicted octanol–water partition coefficient (Wildman–Crippen LogP) is 3.33. The molecule has 2 fully saturated rings. The SMILES string of the molecule is CC[C@@]1(CO)C[C@@H]2CC[C@H]1N2S(=O)(=O)c1ccc(-c2c(C)noc2C)s1. The molecule has 2 aromatic heterocycles. The summed E-state index contributed by atoms with van der Waals surface area (Å²) in [5.74, 6) is 0.694. The molecule has 4 rings (SSSR count). The summed E-state index contributed by atoms with van der Waals surface area (Å²) in [4.78, 5) is 0.857. The average Bonchev–Trinajstić information content (AvgIpc) is 3.37. The van der Waals surface area contributed by atoms with Crippen molar-refractivity contribution >= 4 is 21.4 Å². The minimum atomic E-state index is -3.57. The molecule has 2 aliphatic heterocycles. The van der Waals surface area contributed by atoms with Crippen LogP contribution in [0.15, 0.2) is 20.9 Å². The summed E-state index contributed by atoms with van der Waals surface area (Å²) in [6, 6.07) is 3.42. The van der Waals surface area contributed by atoms with Crippen molar-refractivity contribution < 1.29 is 18.0 Å². The van der Waals surface area contributed by atoms with Crippen molar-refractivity contribution in [3.63, 3.8) is 0 Å². The number of rotatable bonds is 5. The first kappa shape index (κ1) is 18.2. The van der Waals surface area contributed by atoms with Gasteiger partial charge in [0.15, 0.2) is 0 Å². The van der Waals surface area contributed by atoms with Gasteiger partial charge in [0.2, 0.25) is 0 Å². The molecular weight excluding hydrogens is 372 g/mol. The molecule has 0 aliphatic carbocycles. The normalized spacial score (nSPS) is 28.9. The van der Waals surface area contributed by atoms with Crippen molar-refractivity contribution in [1.29, 1.82) is 0 Å². The molecule has 0 aromatic carbocycles. The maximum absolute atomic E-state index is 13.4. The van der Waals surface area contributed by atoms with Gasteiger partial charge in [-0.15, -0.1) is 11.3 Å². The number of aliphatic hydroxyl groups excluding tert-OH is 1. The van der Waals surface area contributed by atoms with E-state index < -0.39 is 10.0 Å². The minimum absolute atomic E-state index is 0.00159. The van der Waals surface area contributed by atoms with Crippen LogP contribution in [0.3, 0.4) is 0 Å². The molecule has 26 heavy (non-hydrogen) atoms. The van der Waals surface area contributed by atoms with Crippen molar-refractivity contribution in [2.45, 2.75) is 62.7 Å². The number of nitrogens with zero attached hydrogens (tertiary/aromatic N) is 2. The highest BCUT2D eigenvalue weighted by atomic mass is 32.2. The third-order valence-electron chi connectivity index (χ3n) is 6.20.